The van der Waals surface area contributed by atoms with Gasteiger partial charge in [-0.25, -0.2) is 15.0 Å². The Balaban J connectivity index is 1.77. The van der Waals surface area contributed by atoms with E-state index in [9.17, 15) is 0 Å². The summed E-state index contributed by atoms with van der Waals surface area (Å²) in [5.74, 6) is 0.388. The molecule has 0 bridgehead atoms. The predicted octanol–water partition coefficient (Wildman–Crippen LogP) is 0.0456. The Morgan fingerprint density at radius 2 is 2.05 bits per heavy atom. The van der Waals surface area contributed by atoms with Gasteiger partial charge in [0.2, 0.25) is 0 Å². The minimum Gasteiger partial charge on any atom is -0.382 e. The van der Waals surface area contributed by atoms with Crippen molar-refractivity contribution in [2.24, 2.45) is 0 Å². The molecular weight excluding hydrogens is 266 g/mol. The van der Waals surface area contributed by atoms with E-state index >= 15 is 0 Å². The fourth-order valence-corrected chi connectivity index (χ4v) is 3.15. The van der Waals surface area contributed by atoms with Gasteiger partial charge >= 0.3 is 0 Å². The lowest BCUT2D eigenvalue weighted by molar-refractivity contribution is 0.0656. The molecule has 100 valence electrons. The van der Waals surface area contributed by atoms with E-state index in [1.54, 1.807) is 6.33 Å². The number of ether oxygens (including phenoxy) is 2. The van der Waals surface area contributed by atoms with Crippen LogP contribution in [0.5, 0.6) is 0 Å². The van der Waals surface area contributed by atoms with Crippen molar-refractivity contribution in [3.05, 3.63) is 12.7 Å². The van der Waals surface area contributed by atoms with Gasteiger partial charge in [-0.1, -0.05) is 0 Å². The molecule has 2 aromatic heterocycles. The second-order valence-corrected chi connectivity index (χ2v) is 5.48. The van der Waals surface area contributed by atoms with Crippen molar-refractivity contribution in [2.45, 2.75) is 23.5 Å². The minimum atomic E-state index is -0.00362. The second kappa shape index (κ2) is 4.06. The Morgan fingerprint density at radius 1 is 1.21 bits per heavy atom. The van der Waals surface area contributed by atoms with Gasteiger partial charge in [0.15, 0.2) is 11.5 Å². The Labute approximate surface area is 114 Å². The molecule has 0 saturated carbocycles. The van der Waals surface area contributed by atoms with Crippen LogP contribution in [0.2, 0.25) is 0 Å². The van der Waals surface area contributed by atoms with Gasteiger partial charge in [0.1, 0.15) is 17.9 Å². The number of nitrogens with zero attached hydrogens (tertiary/aromatic N) is 4. The summed E-state index contributed by atoms with van der Waals surface area (Å²) >= 11 is 4.47. The zero-order valence-electron chi connectivity index (χ0n) is 10.0. The summed E-state index contributed by atoms with van der Waals surface area (Å²) < 4.78 is 13.5. The van der Waals surface area contributed by atoms with Crippen LogP contribution in [0.15, 0.2) is 12.7 Å². The maximum atomic E-state index is 5.80. The molecule has 2 saturated heterocycles. The van der Waals surface area contributed by atoms with Crippen LogP contribution in [-0.2, 0) is 9.47 Å². The van der Waals surface area contributed by atoms with Gasteiger partial charge in [0.25, 0.3) is 0 Å². The fourth-order valence-electron chi connectivity index (χ4n) is 2.81. The van der Waals surface area contributed by atoms with E-state index in [-0.39, 0.29) is 23.5 Å². The van der Waals surface area contributed by atoms with E-state index < -0.39 is 0 Å². The van der Waals surface area contributed by atoms with Gasteiger partial charge in [-0.2, -0.15) is 12.6 Å². The number of aromatic nitrogens is 4. The van der Waals surface area contributed by atoms with Gasteiger partial charge in [-0.05, 0) is 0 Å². The molecule has 4 atom stereocenters. The first-order valence-electron chi connectivity index (χ1n) is 6.10. The van der Waals surface area contributed by atoms with Crippen molar-refractivity contribution < 1.29 is 9.47 Å². The number of nitrogen functional groups attached to an aromatic ring is 1. The monoisotopic (exact) mass is 279 g/mol. The quantitative estimate of drug-likeness (QED) is 0.717. The molecule has 4 heterocycles. The van der Waals surface area contributed by atoms with Crippen LogP contribution in [0.4, 0.5) is 5.82 Å². The van der Waals surface area contributed by atoms with Crippen LogP contribution in [0.3, 0.4) is 0 Å². The number of nitrogens with two attached hydrogens (primary N) is 1. The molecule has 2 N–H and O–H groups in total. The molecule has 8 heteroatoms. The fraction of sp³-hybridized carbons (Fsp3) is 0.545. The van der Waals surface area contributed by atoms with Crippen LogP contribution < -0.4 is 5.73 Å². The normalized spacial score (nSPS) is 33.9. The molecule has 0 spiro atoms. The van der Waals surface area contributed by atoms with Gasteiger partial charge in [-0.15, -0.1) is 0 Å². The van der Waals surface area contributed by atoms with E-state index in [0.29, 0.717) is 30.2 Å². The van der Waals surface area contributed by atoms with Crippen LogP contribution in [0.25, 0.3) is 11.2 Å². The maximum absolute atomic E-state index is 5.80. The van der Waals surface area contributed by atoms with Crippen LogP contribution in [0.1, 0.15) is 6.04 Å². The summed E-state index contributed by atoms with van der Waals surface area (Å²) in [7, 11) is 0. The number of hydrogen-bond acceptors (Lipinski definition) is 7. The summed E-state index contributed by atoms with van der Waals surface area (Å²) in [4.78, 5) is 12.5. The van der Waals surface area contributed by atoms with E-state index in [1.165, 1.54) is 6.33 Å². The third-order valence-electron chi connectivity index (χ3n) is 3.75. The number of rotatable bonds is 1. The highest BCUT2D eigenvalue weighted by atomic mass is 32.1. The molecule has 0 aliphatic carbocycles. The lowest BCUT2D eigenvalue weighted by atomic mass is 10.1. The lowest BCUT2D eigenvalue weighted by Crippen LogP contribution is -2.28. The molecule has 4 rings (SSSR count). The van der Waals surface area contributed by atoms with Crippen LogP contribution >= 0.6 is 12.6 Å². The van der Waals surface area contributed by atoms with E-state index in [0.717, 1.165) is 0 Å². The van der Waals surface area contributed by atoms with Crippen LogP contribution in [-0.4, -0.2) is 50.2 Å². The molecule has 4 unspecified atom stereocenters. The van der Waals surface area contributed by atoms with E-state index in [1.807, 2.05) is 4.57 Å². The van der Waals surface area contributed by atoms with Crippen molar-refractivity contribution in [3.63, 3.8) is 0 Å². The summed E-state index contributed by atoms with van der Waals surface area (Å²) in [6.07, 6.45) is 3.20. The Morgan fingerprint density at radius 3 is 2.95 bits per heavy atom. The average Bonchev–Trinajstić information content (AvgIpc) is 3.06. The average molecular weight is 279 g/mol. The number of thiol groups is 1. The Kier molecular flexibility index (Phi) is 2.44. The van der Waals surface area contributed by atoms with Crippen molar-refractivity contribution in [3.8, 4) is 0 Å². The summed E-state index contributed by atoms with van der Waals surface area (Å²) in [6, 6.07) is 0.0569. The number of anilines is 1. The van der Waals surface area contributed by atoms with Gasteiger partial charge < -0.3 is 19.8 Å². The topological polar surface area (TPSA) is 88.1 Å². The van der Waals surface area contributed by atoms with E-state index in [4.69, 9.17) is 15.2 Å². The molecule has 0 amide bonds. The van der Waals surface area contributed by atoms with Crippen LogP contribution in [0, 0.1) is 0 Å². The number of fused-ring (bicyclic) bond motifs is 2. The van der Waals surface area contributed by atoms with Gasteiger partial charge in [0.05, 0.1) is 36.9 Å². The Hall–Kier alpha value is -1.38. The smallest absolute Gasteiger partial charge is 0.165 e. The molecule has 2 aromatic rings. The lowest BCUT2D eigenvalue weighted by Gasteiger charge is -2.17. The largest absolute Gasteiger partial charge is 0.382 e. The van der Waals surface area contributed by atoms with E-state index in [2.05, 4.69) is 27.6 Å². The van der Waals surface area contributed by atoms with Crippen molar-refractivity contribution in [2.75, 3.05) is 18.9 Å². The first kappa shape index (κ1) is 11.4. The molecule has 19 heavy (non-hydrogen) atoms. The van der Waals surface area contributed by atoms with Gasteiger partial charge in [0, 0.05) is 0 Å². The summed E-state index contributed by atoms with van der Waals surface area (Å²) in [6.45, 7) is 1.18. The van der Waals surface area contributed by atoms with Crippen molar-refractivity contribution in [1.82, 2.24) is 19.5 Å². The maximum Gasteiger partial charge on any atom is 0.165 e. The molecule has 2 aliphatic heterocycles. The van der Waals surface area contributed by atoms with Crippen molar-refractivity contribution in [1.29, 1.82) is 0 Å². The third-order valence-corrected chi connectivity index (χ3v) is 4.19. The molecular formula is C11H13N5O2S. The third kappa shape index (κ3) is 1.57. The minimum absolute atomic E-state index is 0.00362. The highest BCUT2D eigenvalue weighted by Crippen LogP contribution is 2.37. The zero-order valence-corrected chi connectivity index (χ0v) is 10.9. The summed E-state index contributed by atoms with van der Waals surface area (Å²) in [5, 5.41) is 0.129. The summed E-state index contributed by atoms with van der Waals surface area (Å²) in [5.41, 5.74) is 7.13. The van der Waals surface area contributed by atoms with Crippen molar-refractivity contribution >= 4 is 29.6 Å². The molecule has 2 aliphatic rings. The molecule has 7 nitrogen and oxygen atoms in total. The zero-order chi connectivity index (χ0) is 13.0. The second-order valence-electron chi connectivity index (χ2n) is 4.81. The number of hydrogen-bond donors (Lipinski definition) is 2. The first-order chi connectivity index (χ1) is 9.25. The SMILES string of the molecule is Nc1ncnc2c1ncn2C1COC2C(S)COC21. The van der Waals surface area contributed by atoms with Gasteiger partial charge in [-0.3, -0.25) is 0 Å². The number of imidazole rings is 1. The predicted molar refractivity (Wildman–Crippen MR) is 71.0 cm³/mol. The standard InChI is InChI=1S/C11H13N5O2S/c12-10-7-11(14-3-13-10)16(4-15-7)5-1-17-9-6(19)2-18-8(5)9/h3-6,8-9,19H,1-2H2,(H2,12,13,14). The first-order valence-corrected chi connectivity index (χ1v) is 6.61. The molecule has 2 fully saturated rings. The highest BCUT2D eigenvalue weighted by molar-refractivity contribution is 7.81. The Bertz CT molecular complexity index is 633. The molecule has 0 aromatic carbocycles. The highest BCUT2D eigenvalue weighted by Gasteiger charge is 2.47. The molecule has 0 radical (unpaired) electrons.